The minimum Gasteiger partial charge on any atom is -0.325 e. The number of carbonyl (C=O) groups is 1. The summed E-state index contributed by atoms with van der Waals surface area (Å²) in [6.45, 7) is 2.94. The molecule has 1 fully saturated rings. The van der Waals surface area contributed by atoms with E-state index in [4.69, 9.17) is 23.2 Å². The summed E-state index contributed by atoms with van der Waals surface area (Å²) in [6.07, 6.45) is 1.85. The average Bonchev–Trinajstić information content (AvgIpc) is 2.36. The maximum absolute atomic E-state index is 13.3. The number of anilines is 1. The molecule has 19 heavy (non-hydrogen) atoms. The Bertz CT molecular complexity index is 473. The lowest BCUT2D eigenvalue weighted by Gasteiger charge is -2.27. The highest BCUT2D eigenvalue weighted by Crippen LogP contribution is 2.27. The van der Waals surface area contributed by atoms with Crippen molar-refractivity contribution in [3.8, 4) is 0 Å². The van der Waals surface area contributed by atoms with E-state index in [1.165, 1.54) is 12.1 Å². The van der Waals surface area contributed by atoms with Gasteiger partial charge < -0.3 is 10.6 Å². The fraction of sp³-hybridized carbons (Fsp3) is 0.462. The summed E-state index contributed by atoms with van der Waals surface area (Å²) in [5.74, 6) is -0.312. The van der Waals surface area contributed by atoms with E-state index >= 15 is 0 Å². The van der Waals surface area contributed by atoms with Crippen molar-refractivity contribution in [2.75, 3.05) is 11.9 Å². The van der Waals surface area contributed by atoms with Gasteiger partial charge in [-0.05, 0) is 37.4 Å². The van der Waals surface area contributed by atoms with Crippen LogP contribution < -0.4 is 10.6 Å². The minimum absolute atomic E-state index is 0.104. The molecule has 0 saturated carbocycles. The number of hydrogen-bond donors (Lipinski definition) is 2. The summed E-state index contributed by atoms with van der Waals surface area (Å²) in [6, 6.07) is 2.48. The molecule has 2 N–H and O–H groups in total. The Hall–Kier alpha value is -0.840. The Morgan fingerprint density at radius 1 is 1.42 bits per heavy atom. The molecule has 3 nitrogen and oxygen atoms in total. The van der Waals surface area contributed by atoms with Crippen LogP contribution in [0.3, 0.4) is 0 Å². The van der Waals surface area contributed by atoms with E-state index in [2.05, 4.69) is 17.6 Å². The zero-order valence-corrected chi connectivity index (χ0v) is 12.0. The van der Waals surface area contributed by atoms with E-state index in [-0.39, 0.29) is 22.0 Å². The monoisotopic (exact) mass is 304 g/mol. The van der Waals surface area contributed by atoms with Gasteiger partial charge in [0.2, 0.25) is 5.91 Å². The van der Waals surface area contributed by atoms with Gasteiger partial charge in [-0.15, -0.1) is 0 Å². The topological polar surface area (TPSA) is 41.1 Å². The van der Waals surface area contributed by atoms with Crippen LogP contribution in [0, 0.1) is 11.7 Å². The van der Waals surface area contributed by atoms with Crippen LogP contribution in [0.2, 0.25) is 10.0 Å². The largest absolute Gasteiger partial charge is 0.325 e. The summed E-state index contributed by atoms with van der Waals surface area (Å²) < 4.78 is 13.3. The molecule has 0 radical (unpaired) electrons. The third-order valence-electron chi connectivity index (χ3n) is 3.23. The van der Waals surface area contributed by atoms with Crippen LogP contribution in [0.1, 0.15) is 19.8 Å². The summed E-state index contributed by atoms with van der Waals surface area (Å²) in [5, 5.41) is 5.65. The lowest BCUT2D eigenvalue weighted by Crippen LogP contribution is -2.45. The third kappa shape index (κ3) is 3.59. The highest BCUT2D eigenvalue weighted by Gasteiger charge is 2.24. The fourth-order valence-corrected chi connectivity index (χ4v) is 2.65. The van der Waals surface area contributed by atoms with E-state index in [1.807, 2.05) is 0 Å². The SMILES string of the molecule is CC1CCNC(C(=O)Nc2cc(Cl)c(F)c(Cl)c2)C1. The molecule has 6 heteroatoms. The highest BCUT2D eigenvalue weighted by atomic mass is 35.5. The number of benzene rings is 1. The lowest BCUT2D eigenvalue weighted by molar-refractivity contribution is -0.119. The second-order valence-corrected chi connectivity index (χ2v) is 5.69. The number of halogens is 3. The molecule has 104 valence electrons. The molecule has 0 aliphatic carbocycles. The van der Waals surface area contributed by atoms with Crippen LogP contribution >= 0.6 is 23.2 Å². The number of hydrogen-bond acceptors (Lipinski definition) is 2. The standard InChI is InChI=1S/C13H15Cl2FN2O/c1-7-2-3-17-11(4-7)13(19)18-8-5-9(14)12(16)10(15)6-8/h5-7,11,17H,2-4H2,1H3,(H,18,19). The van der Waals surface area contributed by atoms with Gasteiger partial charge >= 0.3 is 0 Å². The summed E-state index contributed by atoms with van der Waals surface area (Å²) in [5.41, 5.74) is 0.404. The molecular weight excluding hydrogens is 290 g/mol. The van der Waals surface area contributed by atoms with Crippen LogP contribution in [0.5, 0.6) is 0 Å². The van der Waals surface area contributed by atoms with Crippen molar-refractivity contribution >= 4 is 34.8 Å². The average molecular weight is 305 g/mol. The van der Waals surface area contributed by atoms with Gasteiger partial charge in [0.05, 0.1) is 16.1 Å². The first-order valence-corrected chi connectivity index (χ1v) is 6.91. The van der Waals surface area contributed by atoms with Gasteiger partial charge in [-0.1, -0.05) is 30.1 Å². The van der Waals surface area contributed by atoms with Gasteiger partial charge in [0.15, 0.2) is 5.82 Å². The molecule has 2 rings (SSSR count). The molecule has 2 atom stereocenters. The van der Waals surface area contributed by atoms with Crippen LogP contribution in [-0.4, -0.2) is 18.5 Å². The van der Waals surface area contributed by atoms with E-state index in [9.17, 15) is 9.18 Å². The van der Waals surface area contributed by atoms with Crippen LogP contribution in [-0.2, 0) is 4.79 Å². The number of piperidine rings is 1. The van der Waals surface area contributed by atoms with Crippen molar-refractivity contribution in [2.24, 2.45) is 5.92 Å². The van der Waals surface area contributed by atoms with Gasteiger partial charge in [0.25, 0.3) is 0 Å². The molecular formula is C13H15Cl2FN2O. The molecule has 1 aromatic rings. The predicted octanol–water partition coefficient (Wildman–Crippen LogP) is 3.46. The molecule has 0 bridgehead atoms. The highest BCUT2D eigenvalue weighted by molar-refractivity contribution is 6.35. The molecule has 1 heterocycles. The van der Waals surface area contributed by atoms with Crippen molar-refractivity contribution in [1.82, 2.24) is 5.32 Å². The minimum atomic E-state index is -0.675. The van der Waals surface area contributed by atoms with E-state index in [0.29, 0.717) is 11.6 Å². The lowest BCUT2D eigenvalue weighted by atomic mass is 9.94. The van der Waals surface area contributed by atoms with Crippen molar-refractivity contribution in [2.45, 2.75) is 25.8 Å². The Morgan fingerprint density at radius 3 is 2.63 bits per heavy atom. The second-order valence-electron chi connectivity index (χ2n) is 4.88. The fourth-order valence-electron chi connectivity index (χ4n) is 2.16. The Morgan fingerprint density at radius 2 is 2.05 bits per heavy atom. The third-order valence-corrected chi connectivity index (χ3v) is 3.78. The molecule has 1 aliphatic rings. The number of rotatable bonds is 2. The molecule has 0 aromatic heterocycles. The molecule has 1 aliphatic heterocycles. The Kier molecular flexibility index (Phi) is 4.66. The molecule has 1 aromatic carbocycles. The van der Waals surface area contributed by atoms with Gasteiger partial charge in [-0.2, -0.15) is 0 Å². The summed E-state index contributed by atoms with van der Waals surface area (Å²) in [7, 11) is 0. The number of nitrogens with one attached hydrogen (secondary N) is 2. The maximum Gasteiger partial charge on any atom is 0.241 e. The van der Waals surface area contributed by atoms with Crippen molar-refractivity contribution in [1.29, 1.82) is 0 Å². The van der Waals surface area contributed by atoms with Gasteiger partial charge in [0.1, 0.15) is 0 Å². The first kappa shape index (κ1) is 14.6. The van der Waals surface area contributed by atoms with Crippen molar-refractivity contribution in [3.63, 3.8) is 0 Å². The van der Waals surface area contributed by atoms with Gasteiger partial charge in [-0.25, -0.2) is 4.39 Å². The maximum atomic E-state index is 13.3. The summed E-state index contributed by atoms with van der Waals surface area (Å²) in [4.78, 5) is 12.1. The normalized spacial score (nSPS) is 23.2. The van der Waals surface area contributed by atoms with Crippen LogP contribution in [0.4, 0.5) is 10.1 Å². The Balaban J connectivity index is 2.06. The first-order valence-electron chi connectivity index (χ1n) is 6.16. The van der Waals surface area contributed by atoms with E-state index in [1.54, 1.807) is 0 Å². The quantitative estimate of drug-likeness (QED) is 0.822. The first-order chi connectivity index (χ1) is 8.97. The number of carbonyl (C=O) groups excluding carboxylic acids is 1. The van der Waals surface area contributed by atoms with Gasteiger partial charge in [0, 0.05) is 5.69 Å². The molecule has 1 amide bonds. The van der Waals surface area contributed by atoms with Crippen molar-refractivity contribution < 1.29 is 9.18 Å². The molecule has 2 unspecified atom stereocenters. The van der Waals surface area contributed by atoms with E-state index < -0.39 is 5.82 Å². The van der Waals surface area contributed by atoms with Crippen LogP contribution in [0.25, 0.3) is 0 Å². The molecule has 1 saturated heterocycles. The van der Waals surface area contributed by atoms with Crippen LogP contribution in [0.15, 0.2) is 12.1 Å². The zero-order valence-electron chi connectivity index (χ0n) is 10.5. The zero-order chi connectivity index (χ0) is 14.0. The number of amides is 1. The van der Waals surface area contributed by atoms with Crippen molar-refractivity contribution in [3.05, 3.63) is 28.0 Å². The Labute approximate surface area is 121 Å². The smallest absolute Gasteiger partial charge is 0.241 e. The van der Waals surface area contributed by atoms with Gasteiger partial charge in [-0.3, -0.25) is 4.79 Å². The predicted molar refractivity (Wildman–Crippen MR) is 75.2 cm³/mol. The summed E-state index contributed by atoms with van der Waals surface area (Å²) >= 11 is 11.4. The molecule has 0 spiro atoms. The second kappa shape index (κ2) is 6.07. The van der Waals surface area contributed by atoms with E-state index in [0.717, 1.165) is 19.4 Å².